The largest absolute Gasteiger partial charge is 0.463 e. The summed E-state index contributed by atoms with van der Waals surface area (Å²) in [6.07, 6.45) is 1.48. The minimum Gasteiger partial charge on any atom is -0.463 e. The van der Waals surface area contributed by atoms with Crippen LogP contribution in [0.1, 0.15) is 31.0 Å². The van der Waals surface area contributed by atoms with Crippen LogP contribution in [0.2, 0.25) is 0 Å². The Morgan fingerprint density at radius 1 is 1.32 bits per heavy atom. The third-order valence-electron chi connectivity index (χ3n) is 3.68. The number of anilines is 1. The molecular weight excluding hydrogens is 280 g/mol. The van der Waals surface area contributed by atoms with Crippen molar-refractivity contribution in [3.8, 4) is 0 Å². The Morgan fingerprint density at radius 2 is 2.05 bits per heavy atom. The minimum atomic E-state index is -0.335. The average molecular weight is 298 g/mol. The molecule has 114 valence electrons. The molecule has 1 atom stereocenters. The summed E-state index contributed by atoms with van der Waals surface area (Å²) in [6, 6.07) is 7.71. The van der Waals surface area contributed by atoms with Gasteiger partial charge >= 0.3 is 5.97 Å². The zero-order valence-electron chi connectivity index (χ0n) is 12.8. The molecule has 2 heterocycles. The Bertz CT molecular complexity index is 731. The molecule has 2 aromatic rings. The summed E-state index contributed by atoms with van der Waals surface area (Å²) < 4.78 is 6.93. The molecule has 6 nitrogen and oxygen atoms in total. The normalized spacial score (nSPS) is 17.0. The molecule has 6 heteroatoms. The highest BCUT2D eigenvalue weighted by atomic mass is 16.5. The number of aryl methyl sites for hydroxylation is 1. The fraction of sp³-hybridized carbons (Fsp3) is 0.312. The first-order valence-electron chi connectivity index (χ1n) is 7.22. The van der Waals surface area contributed by atoms with Gasteiger partial charge in [-0.2, -0.15) is 10.1 Å². The number of fused-ring (bicyclic) bond motifs is 1. The van der Waals surface area contributed by atoms with Gasteiger partial charge < -0.3 is 10.1 Å². The van der Waals surface area contributed by atoms with Crippen molar-refractivity contribution in [3.05, 3.63) is 53.0 Å². The highest BCUT2D eigenvalue weighted by Crippen LogP contribution is 2.35. The van der Waals surface area contributed by atoms with Crippen molar-refractivity contribution in [1.29, 1.82) is 0 Å². The first-order chi connectivity index (χ1) is 10.6. The van der Waals surface area contributed by atoms with Crippen LogP contribution in [0.5, 0.6) is 0 Å². The summed E-state index contributed by atoms with van der Waals surface area (Å²) in [5.74, 6) is 0.287. The van der Waals surface area contributed by atoms with Gasteiger partial charge in [-0.15, -0.1) is 0 Å². The molecule has 0 saturated heterocycles. The monoisotopic (exact) mass is 298 g/mol. The number of hydrogen-bond acceptors (Lipinski definition) is 5. The van der Waals surface area contributed by atoms with E-state index in [1.54, 1.807) is 11.6 Å². The van der Waals surface area contributed by atoms with E-state index in [-0.39, 0.29) is 12.0 Å². The molecule has 1 aromatic carbocycles. The van der Waals surface area contributed by atoms with Crippen molar-refractivity contribution < 1.29 is 9.53 Å². The maximum absolute atomic E-state index is 12.4. The number of esters is 1. The summed E-state index contributed by atoms with van der Waals surface area (Å²) in [5, 5.41) is 7.37. The molecule has 0 aliphatic carbocycles. The second-order valence-corrected chi connectivity index (χ2v) is 5.23. The standard InChI is InChI=1S/C16H18N4O2/c1-4-22-15(21)13-11(3)19-16-17-9-18-20(16)14(13)12-7-5-10(2)6-8-12/h5-9,14H,4H2,1-3H3,(H,17,18,19). The second kappa shape index (κ2) is 5.63. The van der Waals surface area contributed by atoms with Crippen LogP contribution < -0.4 is 5.32 Å². The molecule has 0 radical (unpaired) electrons. The number of carbonyl (C=O) groups excluding carboxylic acids is 1. The molecular formula is C16H18N4O2. The number of aromatic nitrogens is 3. The molecule has 3 rings (SSSR count). The fourth-order valence-corrected chi connectivity index (χ4v) is 2.62. The van der Waals surface area contributed by atoms with Gasteiger partial charge in [0.1, 0.15) is 12.4 Å². The van der Waals surface area contributed by atoms with E-state index in [0.29, 0.717) is 18.1 Å². The van der Waals surface area contributed by atoms with Crippen molar-refractivity contribution in [3.63, 3.8) is 0 Å². The zero-order chi connectivity index (χ0) is 15.7. The second-order valence-electron chi connectivity index (χ2n) is 5.23. The third kappa shape index (κ3) is 2.36. The third-order valence-corrected chi connectivity index (χ3v) is 3.68. The Hall–Kier alpha value is -2.63. The summed E-state index contributed by atoms with van der Waals surface area (Å²) in [4.78, 5) is 16.6. The van der Waals surface area contributed by atoms with Gasteiger partial charge in [0, 0.05) is 5.70 Å². The van der Waals surface area contributed by atoms with Gasteiger partial charge in [0.05, 0.1) is 12.2 Å². The van der Waals surface area contributed by atoms with Crippen LogP contribution in [0, 0.1) is 6.92 Å². The molecule has 0 bridgehead atoms. The Kier molecular flexibility index (Phi) is 3.66. The van der Waals surface area contributed by atoms with Crippen LogP contribution >= 0.6 is 0 Å². The van der Waals surface area contributed by atoms with Gasteiger partial charge in [-0.3, -0.25) is 0 Å². The Morgan fingerprint density at radius 3 is 2.73 bits per heavy atom. The number of allylic oxidation sites excluding steroid dienone is 1. The number of rotatable bonds is 3. The number of carbonyl (C=O) groups is 1. The average Bonchev–Trinajstić information content (AvgIpc) is 2.94. The van der Waals surface area contributed by atoms with Crippen LogP contribution in [-0.4, -0.2) is 27.3 Å². The van der Waals surface area contributed by atoms with E-state index >= 15 is 0 Å². The molecule has 0 saturated carbocycles. The molecule has 1 aliphatic heterocycles. The lowest BCUT2D eigenvalue weighted by Gasteiger charge is -2.28. The van der Waals surface area contributed by atoms with E-state index in [0.717, 1.165) is 16.8 Å². The molecule has 0 fully saturated rings. The highest BCUT2D eigenvalue weighted by molar-refractivity contribution is 5.92. The van der Waals surface area contributed by atoms with Gasteiger partial charge in [0.2, 0.25) is 5.95 Å². The van der Waals surface area contributed by atoms with Crippen molar-refractivity contribution in [1.82, 2.24) is 14.8 Å². The molecule has 1 aromatic heterocycles. The van der Waals surface area contributed by atoms with Gasteiger partial charge in [0.15, 0.2) is 0 Å². The Balaban J connectivity index is 2.13. The molecule has 1 aliphatic rings. The number of ether oxygens (including phenoxy) is 1. The predicted octanol–water partition coefficient (Wildman–Crippen LogP) is 2.44. The summed E-state index contributed by atoms with van der Waals surface area (Å²) in [5.41, 5.74) is 3.43. The van der Waals surface area contributed by atoms with Gasteiger partial charge in [-0.25, -0.2) is 9.48 Å². The lowest BCUT2D eigenvalue weighted by molar-refractivity contribution is -0.139. The van der Waals surface area contributed by atoms with Crippen LogP contribution in [0.3, 0.4) is 0 Å². The summed E-state index contributed by atoms with van der Waals surface area (Å²) >= 11 is 0. The first kappa shape index (κ1) is 14.3. The van der Waals surface area contributed by atoms with Crippen LogP contribution in [0.4, 0.5) is 5.95 Å². The van der Waals surface area contributed by atoms with E-state index in [4.69, 9.17) is 4.74 Å². The lowest BCUT2D eigenvalue weighted by atomic mass is 9.95. The Labute approximate surface area is 128 Å². The lowest BCUT2D eigenvalue weighted by Crippen LogP contribution is -2.29. The fourth-order valence-electron chi connectivity index (χ4n) is 2.62. The first-order valence-corrected chi connectivity index (χ1v) is 7.22. The number of nitrogens with zero attached hydrogens (tertiary/aromatic N) is 3. The van der Waals surface area contributed by atoms with Crippen molar-refractivity contribution in [2.45, 2.75) is 26.8 Å². The maximum atomic E-state index is 12.4. The number of benzene rings is 1. The molecule has 0 spiro atoms. The van der Waals surface area contributed by atoms with Crippen molar-refractivity contribution >= 4 is 11.9 Å². The van der Waals surface area contributed by atoms with Gasteiger partial charge in [0.25, 0.3) is 0 Å². The predicted molar refractivity (Wildman–Crippen MR) is 82.3 cm³/mol. The topological polar surface area (TPSA) is 69.0 Å². The van der Waals surface area contributed by atoms with Crippen molar-refractivity contribution in [2.24, 2.45) is 0 Å². The smallest absolute Gasteiger partial charge is 0.338 e. The van der Waals surface area contributed by atoms with E-state index in [1.807, 2.05) is 38.1 Å². The van der Waals surface area contributed by atoms with Crippen LogP contribution in [0.25, 0.3) is 0 Å². The molecule has 22 heavy (non-hydrogen) atoms. The SMILES string of the molecule is CCOC(=O)C1=C(C)Nc2ncnn2C1c1ccc(C)cc1. The molecule has 0 amide bonds. The minimum absolute atomic E-state index is 0.334. The van der Waals surface area contributed by atoms with E-state index in [2.05, 4.69) is 15.4 Å². The van der Waals surface area contributed by atoms with E-state index in [1.165, 1.54) is 6.33 Å². The molecule has 1 unspecified atom stereocenters. The molecule has 1 N–H and O–H groups in total. The van der Waals surface area contributed by atoms with Crippen LogP contribution in [-0.2, 0) is 9.53 Å². The maximum Gasteiger partial charge on any atom is 0.338 e. The van der Waals surface area contributed by atoms with Crippen LogP contribution in [0.15, 0.2) is 41.9 Å². The van der Waals surface area contributed by atoms with E-state index < -0.39 is 0 Å². The summed E-state index contributed by atoms with van der Waals surface area (Å²) in [6.45, 7) is 6.01. The quantitative estimate of drug-likeness (QED) is 0.881. The number of hydrogen-bond donors (Lipinski definition) is 1. The summed E-state index contributed by atoms with van der Waals surface area (Å²) in [7, 11) is 0. The van der Waals surface area contributed by atoms with Gasteiger partial charge in [-0.1, -0.05) is 29.8 Å². The zero-order valence-corrected chi connectivity index (χ0v) is 12.8. The van der Waals surface area contributed by atoms with Gasteiger partial charge in [-0.05, 0) is 26.3 Å². The van der Waals surface area contributed by atoms with Crippen molar-refractivity contribution in [2.75, 3.05) is 11.9 Å². The highest BCUT2D eigenvalue weighted by Gasteiger charge is 2.34. The number of nitrogens with one attached hydrogen (secondary N) is 1. The van der Waals surface area contributed by atoms with E-state index in [9.17, 15) is 4.79 Å².